The third kappa shape index (κ3) is 4.90. The standard InChI is InChI=1S/C15H18BrN3O2/c1-15(2,3)21-14(20)17-10-12-8-9-19(18-12)13-6-4-11(16)5-7-13/h4-9H,10H2,1-3H3,(H,17,20). The van der Waals surface area contributed by atoms with Crippen molar-refractivity contribution in [3.8, 4) is 5.69 Å². The molecule has 0 aliphatic rings. The lowest BCUT2D eigenvalue weighted by molar-refractivity contribution is 0.0523. The summed E-state index contributed by atoms with van der Waals surface area (Å²) in [4.78, 5) is 11.6. The fraction of sp³-hybridized carbons (Fsp3) is 0.333. The third-order valence-electron chi connectivity index (χ3n) is 2.55. The number of hydrogen-bond donors (Lipinski definition) is 1. The van der Waals surface area contributed by atoms with E-state index in [4.69, 9.17) is 4.74 Å². The van der Waals surface area contributed by atoms with Crippen LogP contribution < -0.4 is 5.32 Å². The maximum Gasteiger partial charge on any atom is 0.407 e. The fourth-order valence-electron chi connectivity index (χ4n) is 1.67. The summed E-state index contributed by atoms with van der Waals surface area (Å²) in [5.41, 5.74) is 1.23. The molecule has 0 atom stereocenters. The summed E-state index contributed by atoms with van der Waals surface area (Å²) in [5, 5.41) is 7.09. The predicted molar refractivity (Wildman–Crippen MR) is 84.3 cm³/mol. The van der Waals surface area contributed by atoms with Crippen molar-refractivity contribution in [2.45, 2.75) is 32.9 Å². The lowest BCUT2D eigenvalue weighted by Crippen LogP contribution is -2.32. The quantitative estimate of drug-likeness (QED) is 0.917. The summed E-state index contributed by atoms with van der Waals surface area (Å²) in [6, 6.07) is 9.69. The molecule has 2 rings (SSSR count). The zero-order chi connectivity index (χ0) is 15.5. The number of rotatable bonds is 3. The normalized spacial score (nSPS) is 11.2. The largest absolute Gasteiger partial charge is 0.444 e. The molecule has 1 heterocycles. The zero-order valence-electron chi connectivity index (χ0n) is 12.3. The van der Waals surface area contributed by atoms with Crippen molar-refractivity contribution in [1.82, 2.24) is 15.1 Å². The van der Waals surface area contributed by atoms with Crippen LogP contribution in [-0.4, -0.2) is 21.5 Å². The summed E-state index contributed by atoms with van der Waals surface area (Å²) >= 11 is 3.40. The predicted octanol–water partition coefficient (Wildman–Crippen LogP) is 3.66. The smallest absolute Gasteiger partial charge is 0.407 e. The van der Waals surface area contributed by atoms with Crippen LogP contribution in [0.1, 0.15) is 26.5 Å². The number of nitrogens with one attached hydrogen (secondary N) is 1. The van der Waals surface area contributed by atoms with Crippen molar-refractivity contribution in [2.24, 2.45) is 0 Å². The van der Waals surface area contributed by atoms with E-state index in [0.717, 1.165) is 15.9 Å². The van der Waals surface area contributed by atoms with Crippen molar-refractivity contribution >= 4 is 22.0 Å². The first-order chi connectivity index (χ1) is 9.83. The van der Waals surface area contributed by atoms with Crippen molar-refractivity contribution in [3.05, 3.63) is 46.7 Å². The summed E-state index contributed by atoms with van der Waals surface area (Å²) in [7, 11) is 0. The lowest BCUT2D eigenvalue weighted by atomic mass is 10.2. The second-order valence-corrected chi connectivity index (χ2v) is 6.50. The van der Waals surface area contributed by atoms with Gasteiger partial charge >= 0.3 is 6.09 Å². The van der Waals surface area contributed by atoms with Gasteiger partial charge in [-0.3, -0.25) is 0 Å². The van der Waals surface area contributed by atoms with E-state index in [9.17, 15) is 4.79 Å². The Hall–Kier alpha value is -1.82. The molecule has 1 aromatic heterocycles. The van der Waals surface area contributed by atoms with E-state index in [0.29, 0.717) is 6.54 Å². The van der Waals surface area contributed by atoms with Crippen molar-refractivity contribution < 1.29 is 9.53 Å². The molecule has 0 aliphatic heterocycles. The van der Waals surface area contributed by atoms with Gasteiger partial charge in [0, 0.05) is 10.7 Å². The van der Waals surface area contributed by atoms with E-state index in [-0.39, 0.29) is 0 Å². The van der Waals surface area contributed by atoms with Crippen molar-refractivity contribution in [2.75, 3.05) is 0 Å². The van der Waals surface area contributed by atoms with Gasteiger partial charge in [-0.05, 0) is 51.1 Å². The Morgan fingerprint density at radius 1 is 1.29 bits per heavy atom. The molecule has 0 fully saturated rings. The molecule has 21 heavy (non-hydrogen) atoms. The molecular weight excluding hydrogens is 334 g/mol. The van der Waals surface area contributed by atoms with Gasteiger partial charge in [-0.2, -0.15) is 5.10 Å². The molecule has 2 aromatic rings. The Labute approximate surface area is 132 Å². The maximum absolute atomic E-state index is 11.6. The molecule has 0 unspecified atom stereocenters. The number of halogens is 1. The van der Waals surface area contributed by atoms with Crippen LogP contribution in [-0.2, 0) is 11.3 Å². The van der Waals surface area contributed by atoms with Gasteiger partial charge in [0.25, 0.3) is 0 Å². The highest BCUT2D eigenvalue weighted by atomic mass is 79.9. The van der Waals surface area contributed by atoms with Crippen LogP contribution in [0.15, 0.2) is 41.0 Å². The average Bonchev–Trinajstić information content (AvgIpc) is 2.84. The van der Waals surface area contributed by atoms with Gasteiger partial charge in [-0.15, -0.1) is 0 Å². The number of carbonyl (C=O) groups excluding carboxylic acids is 1. The van der Waals surface area contributed by atoms with E-state index in [2.05, 4.69) is 26.3 Å². The summed E-state index contributed by atoms with van der Waals surface area (Å²) in [5.74, 6) is 0. The van der Waals surface area contributed by atoms with E-state index in [1.54, 1.807) is 4.68 Å². The molecular formula is C15H18BrN3O2. The fourth-order valence-corrected chi connectivity index (χ4v) is 1.93. The third-order valence-corrected chi connectivity index (χ3v) is 3.08. The first-order valence-corrected chi connectivity index (χ1v) is 7.40. The van der Waals surface area contributed by atoms with Crippen LogP contribution >= 0.6 is 15.9 Å². The van der Waals surface area contributed by atoms with Crippen LogP contribution in [0.2, 0.25) is 0 Å². The Morgan fingerprint density at radius 2 is 1.95 bits per heavy atom. The molecule has 1 aromatic carbocycles. The average molecular weight is 352 g/mol. The van der Waals surface area contributed by atoms with Gasteiger partial charge in [0.05, 0.1) is 17.9 Å². The summed E-state index contributed by atoms with van der Waals surface area (Å²) < 4.78 is 7.96. The Balaban J connectivity index is 1.94. The van der Waals surface area contributed by atoms with Crippen LogP contribution in [0, 0.1) is 0 Å². The number of aromatic nitrogens is 2. The van der Waals surface area contributed by atoms with E-state index in [1.807, 2.05) is 57.3 Å². The molecule has 0 saturated carbocycles. The molecule has 1 N–H and O–H groups in total. The molecule has 0 bridgehead atoms. The minimum absolute atomic E-state index is 0.332. The minimum Gasteiger partial charge on any atom is -0.444 e. The highest BCUT2D eigenvalue weighted by molar-refractivity contribution is 9.10. The van der Waals surface area contributed by atoms with Gasteiger partial charge in [0.2, 0.25) is 0 Å². The van der Waals surface area contributed by atoms with Crippen molar-refractivity contribution in [3.63, 3.8) is 0 Å². The first-order valence-electron chi connectivity index (χ1n) is 6.61. The second kappa shape index (κ2) is 6.30. The van der Waals surface area contributed by atoms with Gasteiger partial charge in [-0.1, -0.05) is 15.9 Å². The zero-order valence-corrected chi connectivity index (χ0v) is 13.8. The molecule has 0 saturated heterocycles. The molecule has 0 aliphatic carbocycles. The first kappa shape index (κ1) is 15.6. The number of ether oxygens (including phenoxy) is 1. The number of nitrogens with zero attached hydrogens (tertiary/aromatic N) is 2. The molecule has 0 spiro atoms. The van der Waals surface area contributed by atoms with E-state index in [1.165, 1.54) is 0 Å². The monoisotopic (exact) mass is 351 g/mol. The molecule has 0 radical (unpaired) electrons. The molecule has 1 amide bonds. The van der Waals surface area contributed by atoms with E-state index < -0.39 is 11.7 Å². The highest BCUT2D eigenvalue weighted by Gasteiger charge is 2.15. The number of benzene rings is 1. The Kier molecular flexibility index (Phi) is 4.67. The minimum atomic E-state index is -0.499. The van der Waals surface area contributed by atoms with Crippen LogP contribution in [0.4, 0.5) is 4.79 Å². The summed E-state index contributed by atoms with van der Waals surface area (Å²) in [6.07, 6.45) is 1.41. The highest BCUT2D eigenvalue weighted by Crippen LogP contribution is 2.14. The number of alkyl carbamates (subject to hydrolysis) is 1. The SMILES string of the molecule is CC(C)(C)OC(=O)NCc1ccn(-c2ccc(Br)cc2)n1. The van der Waals surface area contributed by atoms with Gasteiger partial charge in [-0.25, -0.2) is 9.48 Å². The van der Waals surface area contributed by atoms with E-state index >= 15 is 0 Å². The van der Waals surface area contributed by atoms with Crippen LogP contribution in [0.25, 0.3) is 5.69 Å². The van der Waals surface area contributed by atoms with Gasteiger partial charge in [0.1, 0.15) is 5.60 Å². The Morgan fingerprint density at radius 3 is 2.57 bits per heavy atom. The topological polar surface area (TPSA) is 56.1 Å². The van der Waals surface area contributed by atoms with Gasteiger partial charge in [0.15, 0.2) is 0 Å². The van der Waals surface area contributed by atoms with Crippen LogP contribution in [0.3, 0.4) is 0 Å². The van der Waals surface area contributed by atoms with Gasteiger partial charge < -0.3 is 10.1 Å². The molecule has 6 heteroatoms. The molecule has 112 valence electrons. The summed E-state index contributed by atoms with van der Waals surface area (Å²) in [6.45, 7) is 5.82. The second-order valence-electron chi connectivity index (χ2n) is 5.58. The lowest BCUT2D eigenvalue weighted by Gasteiger charge is -2.19. The number of amides is 1. The maximum atomic E-state index is 11.6. The van der Waals surface area contributed by atoms with Crippen LogP contribution in [0.5, 0.6) is 0 Å². The number of carbonyl (C=O) groups is 1. The number of hydrogen-bond acceptors (Lipinski definition) is 3. The van der Waals surface area contributed by atoms with Crippen molar-refractivity contribution in [1.29, 1.82) is 0 Å². The Bertz CT molecular complexity index is 615. The molecule has 5 nitrogen and oxygen atoms in total.